The molecule has 0 radical (unpaired) electrons. The second kappa shape index (κ2) is 3.32. The molecule has 0 aliphatic carbocycles. The van der Waals surface area contributed by atoms with Gasteiger partial charge in [-0.3, -0.25) is 0 Å². The fourth-order valence-corrected chi connectivity index (χ4v) is 0. The van der Waals surface area contributed by atoms with Crippen LogP contribution in [0.15, 0.2) is 0 Å². The topological polar surface area (TPSA) is 22.3 Å². The predicted molar refractivity (Wildman–Crippen MR) is 33.5 cm³/mol. The minimum Gasteiger partial charge on any atom is -0.811 e. The molecule has 42 valence electrons. The quantitative estimate of drug-likeness (QED) is 0.280. The fraction of sp³-hybridized carbons (Fsp3) is 0.833. The van der Waals surface area contributed by atoms with Crippen LogP contribution >= 0.6 is 0 Å². The van der Waals surface area contributed by atoms with Crippen molar-refractivity contribution in [3.63, 3.8) is 0 Å². The molecule has 0 rings (SSSR count). The maximum Gasteiger partial charge on any atom is 1.00 e. The van der Waals surface area contributed by atoms with Gasteiger partial charge in [0, 0.05) is 0 Å². The molecule has 0 N–H and O–H groups in total. The van der Waals surface area contributed by atoms with Gasteiger partial charge in [0.1, 0.15) is 0 Å². The summed E-state index contributed by atoms with van der Waals surface area (Å²) >= 11 is 0. The Morgan fingerprint density at radius 3 is 1.38 bits per heavy atom. The summed E-state index contributed by atoms with van der Waals surface area (Å²) in [6.07, 6.45) is 0. The molecule has 0 unspecified atom stereocenters. The van der Waals surface area contributed by atoms with Gasteiger partial charge in [0.25, 0.3) is 0 Å². The molecule has 0 heterocycles. The van der Waals surface area contributed by atoms with Gasteiger partial charge in [-0.1, -0.05) is 27.7 Å². The molecule has 0 aliphatic rings. The average Bonchev–Trinajstić information content (AvgIpc) is 1.31. The van der Waals surface area contributed by atoms with Crippen LogP contribution in [0.25, 0.3) is 5.41 Å². The maximum absolute atomic E-state index is 8.81. The van der Waals surface area contributed by atoms with E-state index in [0.717, 1.165) is 0 Å². The summed E-state index contributed by atoms with van der Waals surface area (Å²) in [4.78, 5) is 0. The summed E-state index contributed by atoms with van der Waals surface area (Å²) < 4.78 is 0. The van der Waals surface area contributed by atoms with Gasteiger partial charge in [-0.15, -0.1) is 0 Å². The summed E-state index contributed by atoms with van der Waals surface area (Å²) in [6.45, 7) is 7.65. The molecule has 0 saturated carbocycles. The van der Waals surface area contributed by atoms with E-state index < -0.39 is 0 Å². The molecular formula is C6H12LiN. The van der Waals surface area contributed by atoms with Crippen LogP contribution in [0.3, 0.4) is 0 Å². The van der Waals surface area contributed by atoms with Gasteiger partial charge in [0.2, 0.25) is 0 Å². The molecule has 0 amide bonds. The molecule has 8 heavy (non-hydrogen) atoms. The van der Waals surface area contributed by atoms with Crippen molar-refractivity contribution in [2.75, 3.05) is 0 Å². The Bertz CT molecular complexity index is 81.0. The maximum atomic E-state index is 8.81. The van der Waals surface area contributed by atoms with Crippen LogP contribution in [0.1, 0.15) is 27.7 Å². The van der Waals surface area contributed by atoms with Crippen LogP contribution in [0, 0.1) is 5.41 Å². The largest absolute Gasteiger partial charge is 1.00 e. The van der Waals surface area contributed by atoms with Crippen LogP contribution in [0.5, 0.6) is 0 Å². The first kappa shape index (κ1) is 11.1. The van der Waals surface area contributed by atoms with E-state index in [1.807, 2.05) is 20.8 Å². The Balaban J connectivity index is 0. The molecule has 0 saturated heterocycles. The minimum atomic E-state index is -0.0278. The number of nitrogens with zero attached hydrogens (tertiary/aromatic N) is 1. The summed E-state index contributed by atoms with van der Waals surface area (Å²) in [5.74, 6) is 0. The second-order valence-corrected chi connectivity index (χ2v) is 2.84. The molecule has 0 aliphatic heterocycles. The first-order valence-corrected chi connectivity index (χ1v) is 2.47. The van der Waals surface area contributed by atoms with Crippen molar-refractivity contribution < 1.29 is 18.9 Å². The predicted octanol–water partition coefficient (Wildman–Crippen LogP) is -0.933. The smallest absolute Gasteiger partial charge is 0.811 e. The van der Waals surface area contributed by atoms with Crippen LogP contribution in [-0.4, -0.2) is 5.71 Å². The van der Waals surface area contributed by atoms with Crippen LogP contribution in [0.4, 0.5) is 0 Å². The van der Waals surface area contributed by atoms with Crippen molar-refractivity contribution in [2.24, 2.45) is 5.41 Å². The van der Waals surface area contributed by atoms with E-state index in [0.29, 0.717) is 5.71 Å². The normalized spacial score (nSPS) is 10.0. The average molecular weight is 105 g/mol. The van der Waals surface area contributed by atoms with E-state index in [1.165, 1.54) is 0 Å². The summed E-state index contributed by atoms with van der Waals surface area (Å²) in [5.41, 5.74) is 0.465. The first-order chi connectivity index (χ1) is 2.94. The molecule has 0 fully saturated rings. The second-order valence-electron chi connectivity index (χ2n) is 2.84. The van der Waals surface area contributed by atoms with Crippen LogP contribution in [0.2, 0.25) is 0 Å². The van der Waals surface area contributed by atoms with Crippen LogP contribution < -0.4 is 18.9 Å². The van der Waals surface area contributed by atoms with E-state index in [4.69, 9.17) is 5.41 Å². The standard InChI is InChI=1S/C6H12N.Li/c1-5(7)6(2,3)4;/h1-4H3;/q-1;+1. The molecule has 0 spiro atoms. The van der Waals surface area contributed by atoms with Gasteiger partial charge in [-0.25, -0.2) is 5.71 Å². The summed E-state index contributed by atoms with van der Waals surface area (Å²) in [6, 6.07) is 0. The Hall–Kier alpha value is 0.267. The summed E-state index contributed by atoms with van der Waals surface area (Å²) in [5, 5.41) is 8.81. The molecular weight excluding hydrogens is 93.0 g/mol. The van der Waals surface area contributed by atoms with Crippen molar-refractivity contribution in [1.82, 2.24) is 0 Å². The number of rotatable bonds is 0. The van der Waals surface area contributed by atoms with Gasteiger partial charge >= 0.3 is 18.9 Å². The van der Waals surface area contributed by atoms with E-state index in [-0.39, 0.29) is 24.3 Å². The third-order valence-corrected chi connectivity index (χ3v) is 1.09. The molecule has 0 atom stereocenters. The molecule has 0 bridgehead atoms. The first-order valence-electron chi connectivity index (χ1n) is 2.47. The van der Waals surface area contributed by atoms with E-state index >= 15 is 0 Å². The molecule has 1 nitrogen and oxygen atoms in total. The van der Waals surface area contributed by atoms with Gasteiger partial charge < -0.3 is 5.41 Å². The van der Waals surface area contributed by atoms with Crippen molar-refractivity contribution in [3.05, 3.63) is 5.41 Å². The third-order valence-electron chi connectivity index (χ3n) is 1.09. The Labute approximate surface area is 63.5 Å². The Kier molecular flexibility index (Phi) is 4.62. The van der Waals surface area contributed by atoms with E-state index in [2.05, 4.69) is 0 Å². The fourth-order valence-electron chi connectivity index (χ4n) is 0. The monoisotopic (exact) mass is 105 g/mol. The van der Waals surface area contributed by atoms with Crippen molar-refractivity contribution in [1.29, 1.82) is 0 Å². The van der Waals surface area contributed by atoms with Crippen LogP contribution in [-0.2, 0) is 0 Å². The zero-order valence-corrected chi connectivity index (χ0v) is 6.45. The number of hydrogen-bond acceptors (Lipinski definition) is 0. The zero-order chi connectivity index (χ0) is 6.08. The SMILES string of the molecule is CC(=[N-])C(C)(C)C.[Li+]. The minimum absolute atomic E-state index is 0. The van der Waals surface area contributed by atoms with Gasteiger partial charge in [0.05, 0.1) is 0 Å². The Morgan fingerprint density at radius 2 is 1.38 bits per heavy atom. The van der Waals surface area contributed by atoms with Crippen molar-refractivity contribution in [3.8, 4) is 0 Å². The van der Waals surface area contributed by atoms with Gasteiger partial charge in [0.15, 0.2) is 0 Å². The van der Waals surface area contributed by atoms with Crippen molar-refractivity contribution in [2.45, 2.75) is 27.7 Å². The Morgan fingerprint density at radius 1 is 1.25 bits per heavy atom. The third kappa shape index (κ3) is 4.43. The molecule has 0 aromatic carbocycles. The van der Waals surface area contributed by atoms with Crippen molar-refractivity contribution >= 4 is 5.71 Å². The van der Waals surface area contributed by atoms with Gasteiger partial charge in [-0.2, -0.15) is 0 Å². The van der Waals surface area contributed by atoms with E-state index in [1.54, 1.807) is 6.92 Å². The van der Waals surface area contributed by atoms with E-state index in [9.17, 15) is 0 Å². The molecule has 0 aromatic heterocycles. The molecule has 0 aromatic rings. The zero-order valence-electron chi connectivity index (χ0n) is 6.45. The summed E-state index contributed by atoms with van der Waals surface area (Å²) in [7, 11) is 0. The van der Waals surface area contributed by atoms with Gasteiger partial charge in [-0.05, 0) is 5.41 Å². The number of hydrogen-bond donors (Lipinski definition) is 0. The molecule has 2 heteroatoms.